The zero-order valence-electron chi connectivity index (χ0n) is 8.85. The molecule has 1 aromatic carbocycles. The molecular formula is C12H16N2O. The van der Waals surface area contributed by atoms with Gasteiger partial charge < -0.3 is 15.7 Å². The Balaban J connectivity index is 2.40. The molecule has 0 aliphatic carbocycles. The topological polar surface area (TPSA) is 49.5 Å². The van der Waals surface area contributed by atoms with Crippen LogP contribution in [0.3, 0.4) is 0 Å². The standard InChI is InChI=1S/C12H16N2O/c1-2-7-14-11-5-4-10(13)8-9(11)3-6-12(14)15/h3-6,8,12,15H,2,7,13H2,1H3. The summed E-state index contributed by atoms with van der Waals surface area (Å²) in [6, 6.07) is 5.76. The van der Waals surface area contributed by atoms with Crippen molar-refractivity contribution in [1.82, 2.24) is 0 Å². The first kappa shape index (κ1) is 10.1. The number of fused-ring (bicyclic) bond motifs is 1. The zero-order chi connectivity index (χ0) is 10.8. The van der Waals surface area contributed by atoms with Crippen molar-refractivity contribution in [2.75, 3.05) is 17.2 Å². The molecule has 0 fully saturated rings. The summed E-state index contributed by atoms with van der Waals surface area (Å²) >= 11 is 0. The molecule has 1 aromatic rings. The Bertz CT molecular complexity index is 387. The Morgan fingerprint density at radius 1 is 1.47 bits per heavy atom. The number of hydrogen-bond acceptors (Lipinski definition) is 3. The van der Waals surface area contributed by atoms with E-state index in [-0.39, 0.29) is 0 Å². The minimum absolute atomic E-state index is 0.513. The molecule has 0 radical (unpaired) electrons. The molecule has 1 atom stereocenters. The Kier molecular flexibility index (Phi) is 2.64. The second-order valence-corrected chi connectivity index (χ2v) is 3.78. The Labute approximate surface area is 89.8 Å². The maximum absolute atomic E-state index is 9.82. The van der Waals surface area contributed by atoms with E-state index in [9.17, 15) is 5.11 Å². The van der Waals surface area contributed by atoms with Crippen molar-refractivity contribution in [3.05, 3.63) is 29.8 Å². The van der Waals surface area contributed by atoms with Crippen molar-refractivity contribution >= 4 is 17.5 Å². The van der Waals surface area contributed by atoms with E-state index in [2.05, 4.69) is 6.92 Å². The lowest BCUT2D eigenvalue weighted by molar-refractivity contribution is 0.215. The quantitative estimate of drug-likeness (QED) is 0.722. The molecule has 1 aliphatic heterocycles. The van der Waals surface area contributed by atoms with Gasteiger partial charge in [-0.3, -0.25) is 0 Å². The molecule has 0 saturated heterocycles. The monoisotopic (exact) mass is 204 g/mol. The number of nitrogens with zero attached hydrogens (tertiary/aromatic N) is 1. The van der Waals surface area contributed by atoms with Crippen LogP contribution in [0.5, 0.6) is 0 Å². The van der Waals surface area contributed by atoms with Gasteiger partial charge in [0, 0.05) is 17.9 Å². The molecule has 0 spiro atoms. The summed E-state index contributed by atoms with van der Waals surface area (Å²) in [4.78, 5) is 1.98. The molecule has 3 N–H and O–H groups in total. The number of nitrogen functional groups attached to an aromatic ring is 1. The van der Waals surface area contributed by atoms with Gasteiger partial charge in [0.2, 0.25) is 0 Å². The van der Waals surface area contributed by atoms with Crippen LogP contribution in [-0.2, 0) is 0 Å². The molecule has 1 heterocycles. The normalized spacial score (nSPS) is 19.1. The van der Waals surface area contributed by atoms with Gasteiger partial charge in [-0.25, -0.2) is 0 Å². The third-order valence-corrected chi connectivity index (χ3v) is 2.59. The van der Waals surface area contributed by atoms with Crippen molar-refractivity contribution < 1.29 is 5.11 Å². The molecule has 1 aliphatic rings. The maximum atomic E-state index is 9.82. The van der Waals surface area contributed by atoms with Crippen molar-refractivity contribution in [2.24, 2.45) is 0 Å². The molecule has 0 bridgehead atoms. The van der Waals surface area contributed by atoms with Gasteiger partial charge in [0.1, 0.15) is 6.23 Å². The molecule has 15 heavy (non-hydrogen) atoms. The van der Waals surface area contributed by atoms with Crippen molar-refractivity contribution in [1.29, 1.82) is 0 Å². The van der Waals surface area contributed by atoms with Gasteiger partial charge in [-0.05, 0) is 36.3 Å². The smallest absolute Gasteiger partial charge is 0.146 e. The Hall–Kier alpha value is -1.48. The molecule has 0 saturated carbocycles. The summed E-state index contributed by atoms with van der Waals surface area (Å²) in [6.07, 6.45) is 4.20. The summed E-state index contributed by atoms with van der Waals surface area (Å²) in [6.45, 7) is 2.95. The lowest BCUT2D eigenvalue weighted by Gasteiger charge is -2.32. The first-order chi connectivity index (χ1) is 7.22. The number of hydrogen-bond donors (Lipinski definition) is 2. The fourth-order valence-electron chi connectivity index (χ4n) is 1.90. The molecule has 2 rings (SSSR count). The molecule has 3 heteroatoms. The molecule has 80 valence electrons. The van der Waals surface area contributed by atoms with E-state index in [0.717, 1.165) is 29.9 Å². The highest BCUT2D eigenvalue weighted by atomic mass is 16.3. The molecule has 1 unspecified atom stereocenters. The highest BCUT2D eigenvalue weighted by molar-refractivity contribution is 5.74. The van der Waals surface area contributed by atoms with Crippen LogP contribution in [0.25, 0.3) is 6.08 Å². The number of anilines is 2. The maximum Gasteiger partial charge on any atom is 0.146 e. The minimum Gasteiger partial charge on any atom is -0.399 e. The van der Waals surface area contributed by atoms with Gasteiger partial charge in [-0.1, -0.05) is 13.0 Å². The van der Waals surface area contributed by atoms with Gasteiger partial charge in [-0.2, -0.15) is 0 Å². The summed E-state index contributed by atoms with van der Waals surface area (Å²) < 4.78 is 0. The van der Waals surface area contributed by atoms with E-state index < -0.39 is 6.23 Å². The molecular weight excluding hydrogens is 188 g/mol. The summed E-state index contributed by atoms with van der Waals surface area (Å²) in [5, 5.41) is 9.82. The van der Waals surface area contributed by atoms with Crippen molar-refractivity contribution in [2.45, 2.75) is 19.6 Å². The molecule has 0 amide bonds. The van der Waals surface area contributed by atoms with Crippen LogP contribution in [-0.4, -0.2) is 17.9 Å². The van der Waals surface area contributed by atoms with Crippen LogP contribution >= 0.6 is 0 Å². The molecule has 0 aromatic heterocycles. The average Bonchev–Trinajstić information content (AvgIpc) is 2.22. The van der Waals surface area contributed by atoms with E-state index in [1.807, 2.05) is 29.2 Å². The van der Waals surface area contributed by atoms with Crippen LogP contribution in [0.15, 0.2) is 24.3 Å². The largest absolute Gasteiger partial charge is 0.399 e. The number of benzene rings is 1. The SMILES string of the molecule is CCCN1c2ccc(N)cc2C=CC1O. The van der Waals surface area contributed by atoms with E-state index in [1.54, 1.807) is 6.08 Å². The van der Waals surface area contributed by atoms with Crippen LogP contribution in [0.4, 0.5) is 11.4 Å². The fraction of sp³-hybridized carbons (Fsp3) is 0.333. The van der Waals surface area contributed by atoms with Crippen LogP contribution in [0.1, 0.15) is 18.9 Å². The van der Waals surface area contributed by atoms with Crippen LogP contribution < -0.4 is 10.6 Å². The Morgan fingerprint density at radius 3 is 3.00 bits per heavy atom. The number of rotatable bonds is 2. The van der Waals surface area contributed by atoms with Gasteiger partial charge in [0.15, 0.2) is 0 Å². The average molecular weight is 204 g/mol. The minimum atomic E-state index is -0.513. The fourth-order valence-corrected chi connectivity index (χ4v) is 1.90. The second-order valence-electron chi connectivity index (χ2n) is 3.78. The number of nitrogens with two attached hydrogens (primary N) is 1. The summed E-state index contributed by atoms with van der Waals surface area (Å²) in [5.41, 5.74) is 8.61. The lowest BCUT2D eigenvalue weighted by atomic mass is 10.1. The van der Waals surface area contributed by atoms with Gasteiger partial charge in [0.25, 0.3) is 0 Å². The first-order valence-electron chi connectivity index (χ1n) is 5.25. The zero-order valence-corrected chi connectivity index (χ0v) is 8.85. The highest BCUT2D eigenvalue weighted by Gasteiger charge is 2.19. The van der Waals surface area contributed by atoms with Gasteiger partial charge in [0.05, 0.1) is 0 Å². The Morgan fingerprint density at radius 2 is 2.27 bits per heavy atom. The van der Waals surface area contributed by atoms with Gasteiger partial charge >= 0.3 is 0 Å². The molecule has 3 nitrogen and oxygen atoms in total. The van der Waals surface area contributed by atoms with E-state index in [4.69, 9.17) is 5.73 Å². The number of aliphatic hydroxyl groups is 1. The van der Waals surface area contributed by atoms with E-state index in [0.29, 0.717) is 0 Å². The van der Waals surface area contributed by atoms with Crippen molar-refractivity contribution in [3.63, 3.8) is 0 Å². The predicted molar refractivity (Wildman–Crippen MR) is 63.5 cm³/mol. The van der Waals surface area contributed by atoms with Gasteiger partial charge in [-0.15, -0.1) is 0 Å². The number of aliphatic hydroxyl groups excluding tert-OH is 1. The second kappa shape index (κ2) is 3.95. The van der Waals surface area contributed by atoms with E-state index in [1.165, 1.54) is 0 Å². The third kappa shape index (κ3) is 1.83. The first-order valence-corrected chi connectivity index (χ1v) is 5.25. The third-order valence-electron chi connectivity index (χ3n) is 2.59. The van der Waals surface area contributed by atoms with E-state index >= 15 is 0 Å². The van der Waals surface area contributed by atoms with Crippen LogP contribution in [0, 0.1) is 0 Å². The lowest BCUT2D eigenvalue weighted by Crippen LogP contribution is -2.36. The predicted octanol–water partition coefficient (Wildman–Crippen LogP) is 1.83. The summed E-state index contributed by atoms with van der Waals surface area (Å²) in [5.74, 6) is 0. The van der Waals surface area contributed by atoms with Crippen molar-refractivity contribution in [3.8, 4) is 0 Å². The van der Waals surface area contributed by atoms with Crippen LogP contribution in [0.2, 0.25) is 0 Å². The highest BCUT2D eigenvalue weighted by Crippen LogP contribution is 2.29. The summed E-state index contributed by atoms with van der Waals surface area (Å²) in [7, 11) is 0.